The van der Waals surface area contributed by atoms with Crippen LogP contribution >= 0.6 is 0 Å². The van der Waals surface area contributed by atoms with Crippen molar-refractivity contribution in [2.75, 3.05) is 6.61 Å². The smallest absolute Gasteiger partial charge is 0.103 e. The van der Waals surface area contributed by atoms with Crippen LogP contribution in [0.2, 0.25) is 0 Å². The first kappa shape index (κ1) is 10.1. The zero-order valence-electron chi connectivity index (χ0n) is 10.8. The summed E-state index contributed by atoms with van der Waals surface area (Å²) >= 11 is 0. The molecule has 1 aliphatic carbocycles. The van der Waals surface area contributed by atoms with Crippen molar-refractivity contribution in [3.63, 3.8) is 0 Å². The predicted molar refractivity (Wildman–Crippen MR) is 61.1 cm³/mol. The largest absolute Gasteiger partial charge is 0.501 e. The molecular weight excluding hydrogens is 172 g/mol. The van der Waals surface area contributed by atoms with E-state index in [4.69, 9.17) is 6.11 Å². The second-order valence-corrected chi connectivity index (χ2v) is 5.44. The molecule has 0 saturated heterocycles. The molecule has 82 valence electrons. The molecule has 0 unspecified atom stereocenters. The van der Waals surface area contributed by atoms with E-state index in [0.717, 1.165) is 6.61 Å². The van der Waals surface area contributed by atoms with E-state index in [1.54, 1.807) is 0 Å². The Bertz CT molecular complexity index is 209. The fourth-order valence-electron chi connectivity index (χ4n) is 1.74. The number of hydrogen-bond acceptors (Lipinski definition) is 1. The van der Waals surface area contributed by atoms with Gasteiger partial charge in [-0.3, -0.25) is 0 Å². The van der Waals surface area contributed by atoms with Gasteiger partial charge in [-0.1, -0.05) is 40.0 Å². The number of hydrogen-bond donors (Lipinski definition) is 0. The highest BCUT2D eigenvalue weighted by Crippen LogP contribution is 2.24. The number of allylic oxidation sites excluding steroid dienone is 1. The summed E-state index contributed by atoms with van der Waals surface area (Å²) in [5.41, 5.74) is 0.0453. The standard InChI is InChI=1S/C13H24O/c1-13(2,3)9-10-14-11-12-7-5-4-6-8-12/h9-10,12H,4-8,11H2,1-3H3/b10-9-/i10D. The van der Waals surface area contributed by atoms with Gasteiger partial charge in [0.25, 0.3) is 0 Å². The van der Waals surface area contributed by atoms with E-state index < -0.39 is 0 Å². The van der Waals surface area contributed by atoms with Gasteiger partial charge < -0.3 is 4.74 Å². The lowest BCUT2D eigenvalue weighted by molar-refractivity contribution is 0.163. The minimum Gasteiger partial charge on any atom is -0.501 e. The monoisotopic (exact) mass is 197 g/mol. The van der Waals surface area contributed by atoms with Crippen molar-refractivity contribution in [2.45, 2.75) is 52.9 Å². The van der Waals surface area contributed by atoms with Crippen molar-refractivity contribution in [1.82, 2.24) is 0 Å². The van der Waals surface area contributed by atoms with Crippen molar-refractivity contribution >= 4 is 0 Å². The predicted octanol–water partition coefficient (Wildman–Crippen LogP) is 4.14. The maximum absolute atomic E-state index is 7.69. The maximum atomic E-state index is 7.69. The van der Waals surface area contributed by atoms with Crippen LogP contribution in [0.15, 0.2) is 12.3 Å². The summed E-state index contributed by atoms with van der Waals surface area (Å²) in [5.74, 6) is 0.687. The van der Waals surface area contributed by atoms with Gasteiger partial charge in [-0.2, -0.15) is 0 Å². The Balaban J connectivity index is 2.26. The Morgan fingerprint density at radius 3 is 2.50 bits per heavy atom. The van der Waals surface area contributed by atoms with E-state index in [1.165, 1.54) is 32.1 Å². The molecule has 14 heavy (non-hydrogen) atoms. The van der Waals surface area contributed by atoms with Crippen molar-refractivity contribution in [2.24, 2.45) is 11.3 Å². The van der Waals surface area contributed by atoms with E-state index in [1.807, 2.05) is 6.08 Å². The van der Waals surface area contributed by atoms with Gasteiger partial charge in [-0.05, 0) is 30.3 Å². The van der Waals surface area contributed by atoms with Crippen molar-refractivity contribution in [1.29, 1.82) is 0 Å². The first-order valence-corrected chi connectivity index (χ1v) is 5.79. The van der Waals surface area contributed by atoms with Crippen molar-refractivity contribution < 1.29 is 6.11 Å². The quantitative estimate of drug-likeness (QED) is 0.618. The lowest BCUT2D eigenvalue weighted by Crippen LogP contribution is -2.11. The van der Waals surface area contributed by atoms with E-state index in [2.05, 4.69) is 20.8 Å². The Labute approximate surface area is 89.9 Å². The van der Waals surface area contributed by atoms with E-state index in [-0.39, 0.29) is 5.41 Å². The fraction of sp³-hybridized carbons (Fsp3) is 0.846. The van der Waals surface area contributed by atoms with E-state index in [0.29, 0.717) is 12.2 Å². The van der Waals surface area contributed by atoms with Crippen LogP contribution in [0.5, 0.6) is 0 Å². The summed E-state index contributed by atoms with van der Waals surface area (Å²) in [6, 6.07) is 0. The molecule has 1 rings (SSSR count). The van der Waals surface area contributed by atoms with Crippen molar-refractivity contribution in [3.8, 4) is 0 Å². The molecule has 0 aromatic carbocycles. The third-order valence-electron chi connectivity index (χ3n) is 2.62. The average molecular weight is 197 g/mol. The van der Waals surface area contributed by atoms with Gasteiger partial charge >= 0.3 is 0 Å². The third-order valence-corrected chi connectivity index (χ3v) is 2.62. The Morgan fingerprint density at radius 2 is 1.93 bits per heavy atom. The van der Waals surface area contributed by atoms with E-state index >= 15 is 0 Å². The highest BCUT2D eigenvalue weighted by atomic mass is 16.5. The van der Waals surface area contributed by atoms with Gasteiger partial charge in [-0.15, -0.1) is 0 Å². The first-order valence-electron chi connectivity index (χ1n) is 6.29. The van der Waals surface area contributed by atoms with Gasteiger partial charge in [0.1, 0.15) is 1.37 Å². The molecular formula is C13H24O. The molecule has 0 aromatic heterocycles. The normalized spacial score (nSPS) is 21.9. The Morgan fingerprint density at radius 1 is 1.29 bits per heavy atom. The lowest BCUT2D eigenvalue weighted by atomic mass is 9.90. The molecule has 1 saturated carbocycles. The molecule has 0 heterocycles. The summed E-state index contributed by atoms with van der Waals surface area (Å²) in [4.78, 5) is 0. The molecule has 0 radical (unpaired) electrons. The molecule has 1 aliphatic rings. The van der Waals surface area contributed by atoms with Crippen LogP contribution in [0, 0.1) is 11.3 Å². The molecule has 1 heteroatoms. The highest BCUT2D eigenvalue weighted by molar-refractivity contribution is 4.87. The van der Waals surface area contributed by atoms with Crippen LogP contribution < -0.4 is 0 Å². The van der Waals surface area contributed by atoms with Crippen LogP contribution in [-0.4, -0.2) is 6.61 Å². The maximum Gasteiger partial charge on any atom is 0.103 e. The highest BCUT2D eigenvalue weighted by Gasteiger charge is 2.13. The lowest BCUT2D eigenvalue weighted by Gasteiger charge is -2.21. The second kappa shape index (κ2) is 5.43. The zero-order chi connectivity index (χ0) is 11.3. The first-order chi connectivity index (χ1) is 6.97. The average Bonchev–Trinajstić information content (AvgIpc) is 2.14. The number of rotatable bonds is 3. The summed E-state index contributed by atoms with van der Waals surface area (Å²) in [6.45, 7) is 7.01. The molecule has 0 bridgehead atoms. The van der Waals surface area contributed by atoms with Gasteiger partial charge in [0.05, 0.1) is 12.8 Å². The molecule has 1 fully saturated rings. The summed E-state index contributed by atoms with van der Waals surface area (Å²) < 4.78 is 13.2. The molecule has 0 spiro atoms. The number of ether oxygens (including phenoxy) is 1. The van der Waals surface area contributed by atoms with Gasteiger partial charge in [0.2, 0.25) is 0 Å². The molecule has 0 aliphatic heterocycles. The topological polar surface area (TPSA) is 9.23 Å². The molecule has 0 aromatic rings. The minimum absolute atomic E-state index is 0.0453. The molecule has 0 N–H and O–H groups in total. The fourth-order valence-corrected chi connectivity index (χ4v) is 1.74. The molecule has 1 nitrogen and oxygen atoms in total. The summed E-state index contributed by atoms with van der Waals surface area (Å²) in [7, 11) is 0. The summed E-state index contributed by atoms with van der Waals surface area (Å²) in [5, 5.41) is 0. The Kier molecular flexibility index (Phi) is 3.90. The molecule has 0 atom stereocenters. The third kappa shape index (κ3) is 5.31. The van der Waals surface area contributed by atoms with Crippen LogP contribution in [0.4, 0.5) is 0 Å². The minimum atomic E-state index is 0.0453. The Hall–Kier alpha value is -0.460. The van der Waals surface area contributed by atoms with Gasteiger partial charge in [0, 0.05) is 0 Å². The second-order valence-electron chi connectivity index (χ2n) is 5.44. The van der Waals surface area contributed by atoms with Gasteiger partial charge in [0.15, 0.2) is 0 Å². The zero-order valence-corrected chi connectivity index (χ0v) is 9.81. The van der Waals surface area contributed by atoms with Crippen LogP contribution in [0.1, 0.15) is 54.2 Å². The van der Waals surface area contributed by atoms with Crippen molar-refractivity contribution in [3.05, 3.63) is 12.3 Å². The van der Waals surface area contributed by atoms with Crippen LogP contribution in [0.3, 0.4) is 0 Å². The van der Waals surface area contributed by atoms with Gasteiger partial charge in [-0.25, -0.2) is 0 Å². The van der Waals surface area contributed by atoms with Crippen LogP contribution in [0.25, 0.3) is 0 Å². The summed E-state index contributed by atoms with van der Waals surface area (Å²) in [6.07, 6.45) is 8.84. The van der Waals surface area contributed by atoms with Crippen LogP contribution in [-0.2, 0) is 4.74 Å². The SMILES string of the molecule is [2H]/C(=C/C(C)(C)C)OCC1CCCCC1. The molecule has 0 amide bonds. The van der Waals surface area contributed by atoms with E-state index in [9.17, 15) is 0 Å².